The average Bonchev–Trinajstić information content (AvgIpc) is 2.72. The van der Waals surface area contributed by atoms with Crippen LogP contribution in [-0.4, -0.2) is 16.1 Å². The van der Waals surface area contributed by atoms with Gasteiger partial charge in [-0.15, -0.1) is 0 Å². The molecule has 19 heavy (non-hydrogen) atoms. The maximum Gasteiger partial charge on any atom is 0.147 e. The number of carbonyl (C=O) groups is 1. The molecule has 2 aromatic rings. The van der Waals surface area contributed by atoms with Crippen LogP contribution < -0.4 is 0 Å². The van der Waals surface area contributed by atoms with Gasteiger partial charge >= 0.3 is 0 Å². The van der Waals surface area contributed by atoms with Crippen molar-refractivity contribution in [1.29, 1.82) is 0 Å². The van der Waals surface area contributed by atoms with Gasteiger partial charge in [0.25, 0.3) is 0 Å². The van der Waals surface area contributed by atoms with E-state index in [2.05, 4.69) is 5.10 Å². The van der Waals surface area contributed by atoms with Crippen molar-refractivity contribution in [3.63, 3.8) is 0 Å². The number of carbonyl (C=O) groups excluding carboxylic acids is 1. The fourth-order valence-electron chi connectivity index (χ4n) is 1.60. The zero-order valence-electron chi connectivity index (χ0n) is 10.3. The second-order valence-corrected chi connectivity index (χ2v) is 5.45. The first-order valence-corrected chi connectivity index (χ1v) is 6.29. The highest BCUT2D eigenvalue weighted by Gasteiger charge is 2.24. The summed E-state index contributed by atoms with van der Waals surface area (Å²) in [6.07, 6.45) is 2.22. The molecule has 0 aliphatic heterocycles. The maximum absolute atomic E-state index is 13.8. The van der Waals surface area contributed by atoms with Crippen molar-refractivity contribution in [2.24, 2.45) is 0 Å². The lowest BCUT2D eigenvalue weighted by Crippen LogP contribution is -2.28. The first-order valence-electron chi connectivity index (χ1n) is 5.53. The molecule has 0 saturated carbocycles. The van der Waals surface area contributed by atoms with Crippen molar-refractivity contribution >= 4 is 29.5 Å². The Hall–Kier alpha value is -1.39. The topological polar surface area (TPSA) is 34.9 Å². The fraction of sp³-hybridized carbons (Fsp3) is 0.231. The third kappa shape index (κ3) is 2.51. The molecule has 1 heterocycles. The van der Waals surface area contributed by atoms with Crippen LogP contribution in [0.25, 0.3) is 11.3 Å². The molecule has 0 N–H and O–H groups in total. The number of aldehydes is 1. The summed E-state index contributed by atoms with van der Waals surface area (Å²) in [6, 6.07) is 4.34. The maximum atomic E-state index is 13.8. The molecule has 0 atom stereocenters. The van der Waals surface area contributed by atoms with Crippen molar-refractivity contribution < 1.29 is 9.18 Å². The minimum atomic E-state index is -0.861. The lowest BCUT2D eigenvalue weighted by atomic mass is 10.1. The number of nitrogens with zero attached hydrogens (tertiary/aromatic N) is 2. The number of hydrogen-bond donors (Lipinski definition) is 0. The van der Waals surface area contributed by atoms with Crippen LogP contribution in [0.2, 0.25) is 10.0 Å². The van der Waals surface area contributed by atoms with Gasteiger partial charge in [0.05, 0.1) is 15.6 Å². The summed E-state index contributed by atoms with van der Waals surface area (Å²) in [5.41, 5.74) is -0.506. The van der Waals surface area contributed by atoms with Gasteiger partial charge in [0.1, 0.15) is 23.3 Å². The molecule has 0 saturated heterocycles. The van der Waals surface area contributed by atoms with Crippen molar-refractivity contribution in [3.8, 4) is 11.3 Å². The van der Waals surface area contributed by atoms with Crippen LogP contribution in [0.4, 0.5) is 4.39 Å². The average molecular weight is 301 g/mol. The van der Waals surface area contributed by atoms with E-state index in [0.717, 1.165) is 6.29 Å². The fourth-order valence-corrected chi connectivity index (χ4v) is 2.07. The molecule has 0 aliphatic carbocycles. The van der Waals surface area contributed by atoms with Gasteiger partial charge in [-0.3, -0.25) is 4.68 Å². The Balaban J connectivity index is 2.62. The first kappa shape index (κ1) is 14.0. The third-order valence-corrected chi connectivity index (χ3v) is 3.34. The number of hydrogen-bond acceptors (Lipinski definition) is 2. The van der Waals surface area contributed by atoms with Crippen molar-refractivity contribution in [2.75, 3.05) is 0 Å². The molecule has 0 radical (unpaired) electrons. The lowest BCUT2D eigenvalue weighted by Gasteiger charge is -2.17. The predicted octanol–water partition coefficient (Wildman–Crippen LogP) is 3.93. The molecule has 1 aromatic heterocycles. The highest BCUT2D eigenvalue weighted by atomic mass is 35.5. The minimum Gasteiger partial charge on any atom is -0.301 e. The summed E-state index contributed by atoms with van der Waals surface area (Å²) in [4.78, 5) is 11.0. The van der Waals surface area contributed by atoms with Crippen LogP contribution in [0.3, 0.4) is 0 Å². The Morgan fingerprint density at radius 3 is 2.58 bits per heavy atom. The summed E-state index contributed by atoms with van der Waals surface area (Å²) < 4.78 is 15.2. The van der Waals surface area contributed by atoms with Gasteiger partial charge in [0.15, 0.2) is 0 Å². The zero-order valence-corrected chi connectivity index (χ0v) is 11.8. The Kier molecular flexibility index (Phi) is 3.65. The van der Waals surface area contributed by atoms with E-state index in [1.165, 1.54) is 23.0 Å². The molecular formula is C13H11Cl2FN2O. The molecule has 100 valence electrons. The van der Waals surface area contributed by atoms with E-state index < -0.39 is 11.4 Å². The summed E-state index contributed by atoms with van der Waals surface area (Å²) in [5, 5.41) is 4.63. The van der Waals surface area contributed by atoms with E-state index in [4.69, 9.17) is 23.2 Å². The smallest absolute Gasteiger partial charge is 0.147 e. The van der Waals surface area contributed by atoms with Crippen molar-refractivity contribution in [1.82, 2.24) is 9.78 Å². The SMILES string of the molecule is CC(C)(C=O)n1cc(Cl)c(-c2c(F)cccc2Cl)n1. The minimum absolute atomic E-state index is 0.134. The van der Waals surface area contributed by atoms with Gasteiger partial charge in [-0.05, 0) is 26.0 Å². The van der Waals surface area contributed by atoms with Crippen molar-refractivity contribution in [2.45, 2.75) is 19.4 Å². The van der Waals surface area contributed by atoms with Crippen LogP contribution in [0.5, 0.6) is 0 Å². The van der Waals surface area contributed by atoms with E-state index >= 15 is 0 Å². The van der Waals surface area contributed by atoms with Crippen molar-refractivity contribution in [3.05, 3.63) is 40.3 Å². The first-order chi connectivity index (χ1) is 8.86. The largest absolute Gasteiger partial charge is 0.301 e. The van der Waals surface area contributed by atoms with Crippen LogP contribution in [0.1, 0.15) is 13.8 Å². The quantitative estimate of drug-likeness (QED) is 0.805. The van der Waals surface area contributed by atoms with Crippen LogP contribution in [-0.2, 0) is 10.3 Å². The summed E-state index contributed by atoms with van der Waals surface area (Å²) in [6.45, 7) is 3.35. The van der Waals surface area contributed by atoms with E-state index in [9.17, 15) is 9.18 Å². The Bertz CT molecular complexity index is 617. The van der Waals surface area contributed by atoms with Gasteiger partial charge in [-0.25, -0.2) is 4.39 Å². The molecule has 6 heteroatoms. The molecule has 1 aromatic carbocycles. The third-order valence-electron chi connectivity index (χ3n) is 2.75. The molecule has 0 unspecified atom stereocenters. The Morgan fingerprint density at radius 2 is 2.00 bits per heavy atom. The molecule has 0 amide bonds. The lowest BCUT2D eigenvalue weighted by molar-refractivity contribution is -0.114. The number of rotatable bonds is 3. The van der Waals surface area contributed by atoms with Gasteiger partial charge in [0, 0.05) is 6.20 Å². The van der Waals surface area contributed by atoms with Crippen LogP contribution in [0, 0.1) is 5.82 Å². The molecule has 2 rings (SSSR count). The normalized spacial score (nSPS) is 11.6. The summed E-state index contributed by atoms with van der Waals surface area (Å²) in [7, 11) is 0. The summed E-state index contributed by atoms with van der Waals surface area (Å²) >= 11 is 12.0. The Labute approximate surface area is 119 Å². The monoisotopic (exact) mass is 300 g/mol. The second-order valence-electron chi connectivity index (χ2n) is 4.64. The van der Waals surface area contributed by atoms with Crippen LogP contribution >= 0.6 is 23.2 Å². The standard InChI is InChI=1S/C13H11Cl2FN2O/c1-13(2,7-19)18-6-9(15)12(17-18)11-8(14)4-3-5-10(11)16/h3-7H,1-2H3. The van der Waals surface area contributed by atoms with Gasteiger partial charge in [-0.2, -0.15) is 5.10 Å². The number of aromatic nitrogens is 2. The van der Waals surface area contributed by atoms with Gasteiger partial charge < -0.3 is 4.79 Å². The summed E-state index contributed by atoms with van der Waals surface area (Å²) in [5.74, 6) is -0.511. The number of benzene rings is 1. The highest BCUT2D eigenvalue weighted by Crippen LogP contribution is 2.34. The number of halogens is 3. The zero-order chi connectivity index (χ0) is 14.2. The van der Waals surface area contributed by atoms with E-state index in [1.807, 2.05) is 0 Å². The van der Waals surface area contributed by atoms with E-state index in [-0.39, 0.29) is 21.3 Å². The molecule has 0 aliphatic rings. The van der Waals surface area contributed by atoms with Gasteiger partial charge in [-0.1, -0.05) is 29.3 Å². The Morgan fingerprint density at radius 1 is 1.32 bits per heavy atom. The molecule has 0 spiro atoms. The molecule has 3 nitrogen and oxygen atoms in total. The van der Waals surface area contributed by atoms with E-state index in [1.54, 1.807) is 19.9 Å². The molecular weight excluding hydrogens is 290 g/mol. The second kappa shape index (κ2) is 4.94. The molecule has 0 bridgehead atoms. The molecule has 0 fully saturated rings. The van der Waals surface area contributed by atoms with Gasteiger partial charge in [0.2, 0.25) is 0 Å². The van der Waals surface area contributed by atoms with E-state index in [0.29, 0.717) is 0 Å². The predicted molar refractivity (Wildman–Crippen MR) is 73.0 cm³/mol. The highest BCUT2D eigenvalue weighted by molar-refractivity contribution is 6.36. The van der Waals surface area contributed by atoms with Crippen LogP contribution in [0.15, 0.2) is 24.4 Å².